The lowest BCUT2D eigenvalue weighted by Crippen LogP contribution is -2.59. The van der Waals surface area contributed by atoms with Crippen LogP contribution in [0.1, 0.15) is 66.7 Å². The van der Waals surface area contributed by atoms with Crippen LogP contribution in [0.4, 0.5) is 0 Å². The van der Waals surface area contributed by atoms with Gasteiger partial charge in [-0.3, -0.25) is 19.2 Å². The highest BCUT2D eigenvalue weighted by atomic mass is 16.6. The lowest BCUT2D eigenvalue weighted by atomic mass is 9.70. The summed E-state index contributed by atoms with van der Waals surface area (Å²) in [6.45, 7) is 17.0. The third kappa shape index (κ3) is 6.12. The molecule has 3 saturated heterocycles. The normalized spacial score (nSPS) is 28.4. The Balaban J connectivity index is 1.91. The van der Waals surface area contributed by atoms with Gasteiger partial charge in [0.2, 0.25) is 17.7 Å². The van der Waals surface area contributed by atoms with Crippen molar-refractivity contribution in [3.05, 3.63) is 25.3 Å². The summed E-state index contributed by atoms with van der Waals surface area (Å²) in [5, 5.41) is 13.1. The minimum atomic E-state index is -1.18. The zero-order valence-corrected chi connectivity index (χ0v) is 24.6. The number of ether oxygens (including phenoxy) is 2. The molecule has 0 aromatic heterocycles. The van der Waals surface area contributed by atoms with Crippen LogP contribution in [0.25, 0.3) is 0 Å². The molecule has 224 valence electrons. The first-order valence-corrected chi connectivity index (χ1v) is 14.5. The molecule has 3 aliphatic rings. The minimum absolute atomic E-state index is 0.142. The van der Waals surface area contributed by atoms with Gasteiger partial charge in [-0.05, 0) is 52.4 Å². The van der Waals surface area contributed by atoms with Gasteiger partial charge in [0.05, 0.1) is 37.1 Å². The molecule has 3 aliphatic heterocycles. The third-order valence-electron chi connectivity index (χ3n) is 8.30. The average molecular weight is 562 g/mol. The number of carbonyl (C=O) groups excluding carboxylic acids is 4. The number of allylic oxidation sites excluding steroid dienone is 1. The topological polar surface area (TPSA) is 125 Å². The molecule has 2 bridgehead atoms. The van der Waals surface area contributed by atoms with E-state index in [1.165, 1.54) is 4.90 Å². The van der Waals surface area contributed by atoms with E-state index in [9.17, 15) is 24.3 Å². The van der Waals surface area contributed by atoms with Crippen molar-refractivity contribution in [2.45, 2.75) is 103 Å². The molecule has 3 heterocycles. The fraction of sp³-hybridized carbons (Fsp3) is 0.733. The Bertz CT molecular complexity index is 982. The number of aliphatic hydroxyl groups is 1. The molecule has 3 rings (SSSR count). The zero-order chi connectivity index (χ0) is 29.8. The lowest BCUT2D eigenvalue weighted by Gasteiger charge is -2.40. The van der Waals surface area contributed by atoms with Gasteiger partial charge in [-0.25, -0.2) is 0 Å². The number of likely N-dealkylation sites (tertiary alicyclic amines) is 1. The highest BCUT2D eigenvalue weighted by molar-refractivity contribution is 5.98. The van der Waals surface area contributed by atoms with Crippen LogP contribution in [0.5, 0.6) is 0 Å². The maximum absolute atomic E-state index is 14.2. The number of aliphatic hydroxyl groups excluding tert-OH is 1. The number of nitrogens with zero attached hydrogens (tertiary/aromatic N) is 2. The van der Waals surface area contributed by atoms with E-state index in [1.54, 1.807) is 24.0 Å². The fourth-order valence-corrected chi connectivity index (χ4v) is 6.60. The van der Waals surface area contributed by atoms with Gasteiger partial charge in [0, 0.05) is 19.0 Å². The summed E-state index contributed by atoms with van der Waals surface area (Å²) in [5.41, 5.74) is -1.18. The van der Waals surface area contributed by atoms with Crippen LogP contribution < -0.4 is 5.32 Å². The summed E-state index contributed by atoms with van der Waals surface area (Å²) in [6.07, 6.45) is 4.48. The number of rotatable bonds is 15. The molecule has 2 N–H and O–H groups in total. The molecule has 7 atom stereocenters. The number of fused-ring (bicyclic) bond motifs is 1. The summed E-state index contributed by atoms with van der Waals surface area (Å²) in [7, 11) is 0. The smallest absolute Gasteiger partial charge is 0.312 e. The Morgan fingerprint density at radius 1 is 1.23 bits per heavy atom. The summed E-state index contributed by atoms with van der Waals surface area (Å²) in [6, 6.07) is -1.71. The van der Waals surface area contributed by atoms with E-state index in [-0.39, 0.29) is 42.8 Å². The van der Waals surface area contributed by atoms with Crippen molar-refractivity contribution in [2.75, 3.05) is 19.7 Å². The Morgan fingerprint density at radius 2 is 1.93 bits per heavy atom. The highest BCUT2D eigenvalue weighted by Crippen LogP contribution is 2.59. The Hall–Kier alpha value is -2.72. The van der Waals surface area contributed by atoms with Crippen molar-refractivity contribution in [2.24, 2.45) is 17.8 Å². The van der Waals surface area contributed by atoms with Gasteiger partial charge >= 0.3 is 5.97 Å². The van der Waals surface area contributed by atoms with Gasteiger partial charge in [-0.1, -0.05) is 26.0 Å². The maximum Gasteiger partial charge on any atom is 0.312 e. The summed E-state index contributed by atoms with van der Waals surface area (Å²) >= 11 is 0. The van der Waals surface area contributed by atoms with E-state index >= 15 is 0 Å². The Labute approximate surface area is 238 Å². The number of amides is 3. The lowest BCUT2D eigenvalue weighted by molar-refractivity contribution is -0.160. The third-order valence-corrected chi connectivity index (χ3v) is 8.30. The first-order valence-electron chi connectivity index (χ1n) is 14.5. The molecule has 0 radical (unpaired) electrons. The second kappa shape index (κ2) is 13.3. The summed E-state index contributed by atoms with van der Waals surface area (Å²) in [4.78, 5) is 57.1. The van der Waals surface area contributed by atoms with Gasteiger partial charge in [-0.15, -0.1) is 13.2 Å². The quantitative estimate of drug-likeness (QED) is 0.232. The molecule has 10 nitrogen and oxygen atoms in total. The molecule has 0 saturated carbocycles. The second-order valence-electron chi connectivity index (χ2n) is 12.0. The zero-order valence-electron chi connectivity index (χ0n) is 24.6. The molecule has 0 aliphatic carbocycles. The maximum atomic E-state index is 14.2. The molecular formula is C30H47N3O7. The molecule has 0 unspecified atom stereocenters. The van der Waals surface area contributed by atoms with Crippen molar-refractivity contribution in [1.29, 1.82) is 0 Å². The van der Waals surface area contributed by atoms with E-state index in [2.05, 4.69) is 18.5 Å². The van der Waals surface area contributed by atoms with Crippen LogP contribution in [-0.4, -0.2) is 94.2 Å². The van der Waals surface area contributed by atoms with Crippen LogP contribution in [0, 0.1) is 17.8 Å². The average Bonchev–Trinajstić information content (AvgIpc) is 3.54. The van der Waals surface area contributed by atoms with E-state index < -0.39 is 47.7 Å². The van der Waals surface area contributed by atoms with E-state index in [1.807, 2.05) is 27.7 Å². The van der Waals surface area contributed by atoms with E-state index in [0.29, 0.717) is 38.6 Å². The standard InChI is InChI=1S/C30H47N3O7/c1-8-10-11-23(35)31-16-20(7)39-29(38)24-22-12-13-30(40-22)25(24)27(36)33(21(17-34)15-18(3)4)26(30)28(37)32(14-9-2)19(5)6/h8-9,18-22,24-26,34H,1-2,10-17H2,3-7H3,(H,31,35)/t20-,21-,22+,24-,25-,26+,30-/m1/s1. The Morgan fingerprint density at radius 3 is 2.50 bits per heavy atom. The largest absolute Gasteiger partial charge is 0.460 e. The first kappa shape index (κ1) is 31.8. The first-order chi connectivity index (χ1) is 18.9. The molecular weight excluding hydrogens is 514 g/mol. The number of hydrogen-bond donors (Lipinski definition) is 2. The van der Waals surface area contributed by atoms with Crippen molar-refractivity contribution >= 4 is 23.7 Å². The number of nitrogens with one attached hydrogen (secondary N) is 1. The van der Waals surface area contributed by atoms with Gasteiger partial charge in [-0.2, -0.15) is 0 Å². The summed E-state index contributed by atoms with van der Waals surface area (Å²) in [5.74, 6) is -2.95. The van der Waals surface area contributed by atoms with Crippen molar-refractivity contribution < 1.29 is 33.8 Å². The van der Waals surface area contributed by atoms with Crippen molar-refractivity contribution in [1.82, 2.24) is 15.1 Å². The van der Waals surface area contributed by atoms with Gasteiger partial charge in [0.15, 0.2) is 0 Å². The molecule has 1 spiro atoms. The molecule has 0 aromatic rings. The molecule has 3 amide bonds. The van der Waals surface area contributed by atoms with E-state index in [4.69, 9.17) is 9.47 Å². The second-order valence-corrected chi connectivity index (χ2v) is 12.0. The Kier molecular flexibility index (Phi) is 10.6. The highest BCUT2D eigenvalue weighted by Gasteiger charge is 2.75. The number of esters is 1. The van der Waals surface area contributed by atoms with Crippen LogP contribution >= 0.6 is 0 Å². The van der Waals surface area contributed by atoms with Crippen LogP contribution in [0.2, 0.25) is 0 Å². The fourth-order valence-electron chi connectivity index (χ4n) is 6.60. The van der Waals surface area contributed by atoms with Gasteiger partial charge in [0.25, 0.3) is 0 Å². The van der Waals surface area contributed by atoms with Crippen LogP contribution in [-0.2, 0) is 28.7 Å². The predicted octanol–water partition coefficient (Wildman–Crippen LogP) is 2.21. The van der Waals surface area contributed by atoms with Gasteiger partial charge in [0.1, 0.15) is 17.7 Å². The minimum Gasteiger partial charge on any atom is -0.460 e. The van der Waals surface area contributed by atoms with E-state index in [0.717, 1.165) is 0 Å². The number of hydrogen-bond acceptors (Lipinski definition) is 7. The molecule has 3 fully saturated rings. The summed E-state index contributed by atoms with van der Waals surface area (Å²) < 4.78 is 12.2. The SMILES string of the molecule is C=CCCC(=O)NC[C@@H](C)OC(=O)[C@@H]1[C@@H]2CC[C@]3(O2)[C@H](C(=O)N(CC=C)C(C)C)N([C@@H](CO)CC(C)C)C(=O)[C@@H]13. The number of carbonyl (C=O) groups is 4. The van der Waals surface area contributed by atoms with Crippen LogP contribution in [0.15, 0.2) is 25.3 Å². The molecule has 10 heteroatoms. The monoisotopic (exact) mass is 561 g/mol. The predicted molar refractivity (Wildman–Crippen MR) is 150 cm³/mol. The molecule has 40 heavy (non-hydrogen) atoms. The molecule has 0 aromatic carbocycles. The van der Waals surface area contributed by atoms with Crippen LogP contribution in [0.3, 0.4) is 0 Å². The van der Waals surface area contributed by atoms with Gasteiger partial charge < -0.3 is 29.7 Å². The van der Waals surface area contributed by atoms with Crippen molar-refractivity contribution in [3.63, 3.8) is 0 Å². The van der Waals surface area contributed by atoms with Crippen molar-refractivity contribution in [3.8, 4) is 0 Å².